The first-order valence-corrected chi connectivity index (χ1v) is 6.46. The third kappa shape index (κ3) is 2.52. The molecule has 1 heterocycles. The van der Waals surface area contributed by atoms with Gasteiger partial charge in [-0.3, -0.25) is 9.78 Å². The van der Waals surface area contributed by atoms with Crippen LogP contribution in [-0.2, 0) is 6.42 Å². The molecule has 0 N–H and O–H groups in total. The van der Waals surface area contributed by atoms with Gasteiger partial charge in [0.25, 0.3) is 0 Å². The minimum atomic E-state index is -0.968. The average Bonchev–Trinajstić information content (AvgIpc) is 2.51. The van der Waals surface area contributed by atoms with Gasteiger partial charge in [0.15, 0.2) is 17.4 Å². The number of ketones is 1. The van der Waals surface area contributed by atoms with E-state index in [4.69, 9.17) is 0 Å². The van der Waals surface area contributed by atoms with Crippen LogP contribution in [-0.4, -0.2) is 10.8 Å². The third-order valence-corrected chi connectivity index (χ3v) is 3.33. The van der Waals surface area contributed by atoms with E-state index in [0.717, 1.165) is 6.07 Å². The molecule has 0 amide bonds. The van der Waals surface area contributed by atoms with Crippen LogP contribution in [0.25, 0.3) is 10.9 Å². The number of nitrogens with zero attached hydrogens (tertiary/aromatic N) is 1. The van der Waals surface area contributed by atoms with Crippen LogP contribution in [0.15, 0.2) is 54.7 Å². The van der Waals surface area contributed by atoms with Crippen molar-refractivity contribution in [1.82, 2.24) is 4.98 Å². The fraction of sp³-hybridized carbons (Fsp3) is 0.0588. The Kier molecular flexibility index (Phi) is 3.44. The molecule has 0 fully saturated rings. The summed E-state index contributed by atoms with van der Waals surface area (Å²) in [4.78, 5) is 16.6. The molecular formula is C17H11F2NO. The first-order valence-electron chi connectivity index (χ1n) is 6.46. The zero-order chi connectivity index (χ0) is 14.8. The van der Waals surface area contributed by atoms with Gasteiger partial charge in [-0.05, 0) is 23.8 Å². The number of rotatable bonds is 3. The average molecular weight is 283 g/mol. The van der Waals surface area contributed by atoms with Gasteiger partial charge in [0.1, 0.15) is 0 Å². The molecule has 1 aromatic heterocycles. The molecule has 4 heteroatoms. The summed E-state index contributed by atoms with van der Waals surface area (Å²) >= 11 is 0. The maximum atomic E-state index is 13.7. The molecule has 21 heavy (non-hydrogen) atoms. The quantitative estimate of drug-likeness (QED) is 0.681. The van der Waals surface area contributed by atoms with Crippen molar-refractivity contribution in [3.63, 3.8) is 0 Å². The van der Waals surface area contributed by atoms with Crippen LogP contribution in [0.5, 0.6) is 0 Å². The van der Waals surface area contributed by atoms with Crippen LogP contribution in [0, 0.1) is 11.6 Å². The Labute approximate surface area is 120 Å². The van der Waals surface area contributed by atoms with Crippen LogP contribution in [0.3, 0.4) is 0 Å². The van der Waals surface area contributed by atoms with E-state index in [1.54, 1.807) is 18.2 Å². The second-order valence-electron chi connectivity index (χ2n) is 4.69. The van der Waals surface area contributed by atoms with E-state index in [1.165, 1.54) is 18.3 Å². The van der Waals surface area contributed by atoms with Crippen molar-refractivity contribution >= 4 is 16.7 Å². The summed E-state index contributed by atoms with van der Waals surface area (Å²) in [7, 11) is 0. The van der Waals surface area contributed by atoms with E-state index >= 15 is 0 Å². The molecule has 0 aliphatic heterocycles. The minimum Gasteiger partial charge on any atom is -0.294 e. The molecule has 3 rings (SSSR count). The summed E-state index contributed by atoms with van der Waals surface area (Å²) in [5.74, 6) is -2.18. The van der Waals surface area contributed by atoms with Gasteiger partial charge < -0.3 is 0 Å². The van der Waals surface area contributed by atoms with E-state index < -0.39 is 11.6 Å². The van der Waals surface area contributed by atoms with Crippen LogP contribution >= 0.6 is 0 Å². The Bertz CT molecular complexity index is 825. The lowest BCUT2D eigenvalue weighted by molar-refractivity contribution is 0.0993. The van der Waals surface area contributed by atoms with Crippen molar-refractivity contribution in [3.8, 4) is 0 Å². The number of fused-ring (bicyclic) bond motifs is 1. The van der Waals surface area contributed by atoms with Crippen molar-refractivity contribution < 1.29 is 13.6 Å². The van der Waals surface area contributed by atoms with E-state index in [9.17, 15) is 13.6 Å². The van der Waals surface area contributed by atoms with Crippen LogP contribution in [0.1, 0.15) is 15.9 Å². The number of carbonyl (C=O) groups excluding carboxylic acids is 1. The van der Waals surface area contributed by atoms with Gasteiger partial charge in [-0.2, -0.15) is 0 Å². The number of carbonyl (C=O) groups is 1. The molecule has 2 aromatic carbocycles. The standard InChI is InChI=1S/C17H11F2NO/c18-14-6-3-4-11(17(14)19)10-16(21)13-8-9-20-15-7-2-1-5-12(13)15/h1-9H,10H2. The van der Waals surface area contributed by atoms with Gasteiger partial charge in [0.2, 0.25) is 0 Å². The first kappa shape index (κ1) is 13.4. The lowest BCUT2D eigenvalue weighted by Gasteiger charge is -2.06. The third-order valence-electron chi connectivity index (χ3n) is 3.33. The molecule has 104 valence electrons. The number of pyridine rings is 1. The number of para-hydroxylation sites is 1. The Hall–Kier alpha value is -2.62. The first-order chi connectivity index (χ1) is 10.2. The highest BCUT2D eigenvalue weighted by molar-refractivity contribution is 6.07. The molecule has 0 saturated heterocycles. The van der Waals surface area contributed by atoms with Crippen LogP contribution < -0.4 is 0 Å². The number of hydrogen-bond acceptors (Lipinski definition) is 2. The highest BCUT2D eigenvalue weighted by atomic mass is 19.2. The number of aromatic nitrogens is 1. The predicted molar refractivity (Wildman–Crippen MR) is 76.1 cm³/mol. The van der Waals surface area contributed by atoms with Gasteiger partial charge in [0, 0.05) is 23.6 Å². The van der Waals surface area contributed by atoms with Gasteiger partial charge in [0.05, 0.1) is 5.52 Å². The fourth-order valence-corrected chi connectivity index (χ4v) is 2.29. The summed E-state index contributed by atoms with van der Waals surface area (Å²) < 4.78 is 26.8. The molecule has 0 atom stereocenters. The number of halogens is 2. The van der Waals surface area contributed by atoms with Gasteiger partial charge in [-0.25, -0.2) is 8.78 Å². The summed E-state index contributed by atoms with van der Waals surface area (Å²) in [6, 6.07) is 12.7. The molecule has 0 bridgehead atoms. The minimum absolute atomic E-state index is 0.0564. The maximum Gasteiger partial charge on any atom is 0.168 e. The van der Waals surface area contributed by atoms with Gasteiger partial charge >= 0.3 is 0 Å². The van der Waals surface area contributed by atoms with Crippen molar-refractivity contribution in [2.45, 2.75) is 6.42 Å². The van der Waals surface area contributed by atoms with Crippen molar-refractivity contribution in [2.75, 3.05) is 0 Å². The summed E-state index contributed by atoms with van der Waals surface area (Å²) in [6.45, 7) is 0. The number of hydrogen-bond donors (Lipinski definition) is 0. The van der Waals surface area contributed by atoms with Crippen molar-refractivity contribution in [2.24, 2.45) is 0 Å². The Morgan fingerprint density at radius 1 is 1.00 bits per heavy atom. The van der Waals surface area contributed by atoms with Crippen molar-refractivity contribution in [1.29, 1.82) is 0 Å². The largest absolute Gasteiger partial charge is 0.294 e. The second kappa shape index (κ2) is 5.40. The number of Topliss-reactive ketones (excluding diaryl/α,β-unsaturated/α-hetero) is 1. The molecule has 0 radical (unpaired) electrons. The van der Waals surface area contributed by atoms with E-state index in [1.807, 2.05) is 12.1 Å². The SMILES string of the molecule is O=C(Cc1cccc(F)c1F)c1ccnc2ccccc12. The normalized spacial score (nSPS) is 10.8. The highest BCUT2D eigenvalue weighted by Crippen LogP contribution is 2.19. The molecule has 0 spiro atoms. The summed E-state index contributed by atoms with van der Waals surface area (Å²) in [6.07, 6.45) is 1.36. The van der Waals surface area contributed by atoms with E-state index in [2.05, 4.69) is 4.98 Å². The number of benzene rings is 2. The molecular weight excluding hydrogens is 272 g/mol. The van der Waals surface area contributed by atoms with Crippen LogP contribution in [0.4, 0.5) is 8.78 Å². The summed E-state index contributed by atoms with van der Waals surface area (Å²) in [5, 5.41) is 0.710. The zero-order valence-corrected chi connectivity index (χ0v) is 11.0. The van der Waals surface area contributed by atoms with Crippen LogP contribution in [0.2, 0.25) is 0 Å². The molecule has 0 unspecified atom stereocenters. The molecule has 0 aliphatic carbocycles. The Balaban J connectivity index is 2.00. The Morgan fingerprint density at radius 2 is 1.81 bits per heavy atom. The monoisotopic (exact) mass is 283 g/mol. The topological polar surface area (TPSA) is 30.0 Å². The predicted octanol–water partition coefficient (Wildman–Crippen LogP) is 3.94. The lowest BCUT2D eigenvalue weighted by atomic mass is 9.99. The van der Waals surface area contributed by atoms with Crippen molar-refractivity contribution in [3.05, 3.63) is 77.5 Å². The maximum absolute atomic E-state index is 13.7. The molecule has 0 aliphatic rings. The lowest BCUT2D eigenvalue weighted by Crippen LogP contribution is -2.07. The fourth-order valence-electron chi connectivity index (χ4n) is 2.29. The summed E-state index contributed by atoms with van der Waals surface area (Å²) in [5.41, 5.74) is 1.22. The van der Waals surface area contributed by atoms with E-state index in [-0.39, 0.29) is 17.8 Å². The van der Waals surface area contributed by atoms with Gasteiger partial charge in [-0.15, -0.1) is 0 Å². The highest BCUT2D eigenvalue weighted by Gasteiger charge is 2.15. The molecule has 0 saturated carbocycles. The Morgan fingerprint density at radius 3 is 2.67 bits per heavy atom. The zero-order valence-electron chi connectivity index (χ0n) is 11.0. The molecule has 2 nitrogen and oxygen atoms in total. The van der Waals surface area contributed by atoms with E-state index in [0.29, 0.717) is 16.5 Å². The molecule has 3 aromatic rings. The smallest absolute Gasteiger partial charge is 0.168 e. The second-order valence-corrected chi connectivity index (χ2v) is 4.69. The van der Waals surface area contributed by atoms with Gasteiger partial charge in [-0.1, -0.05) is 30.3 Å².